The van der Waals surface area contributed by atoms with Gasteiger partial charge in [0.15, 0.2) is 0 Å². The first-order valence-corrected chi connectivity index (χ1v) is 7.26. The average Bonchev–Trinajstić information content (AvgIpc) is 3.22. The van der Waals surface area contributed by atoms with Crippen LogP contribution < -0.4 is 0 Å². The number of halogens is 1. The average molecular weight is 261 g/mol. The molecule has 2 nitrogen and oxygen atoms in total. The number of carbonyl (C=O) groups is 1. The van der Waals surface area contributed by atoms with Gasteiger partial charge < -0.3 is 4.90 Å². The minimum atomic E-state index is -0.169. The molecular formula is C16H20FNO. The lowest BCUT2D eigenvalue weighted by Crippen LogP contribution is -2.40. The molecule has 1 heterocycles. The highest BCUT2D eigenvalue weighted by Crippen LogP contribution is 2.40. The van der Waals surface area contributed by atoms with Gasteiger partial charge in [-0.05, 0) is 54.9 Å². The second kappa shape index (κ2) is 4.95. The van der Waals surface area contributed by atoms with Crippen LogP contribution in [0.2, 0.25) is 0 Å². The fraction of sp³-hybridized carbons (Fsp3) is 0.562. The summed E-state index contributed by atoms with van der Waals surface area (Å²) in [4.78, 5) is 14.2. The summed E-state index contributed by atoms with van der Waals surface area (Å²) in [7, 11) is 0. The van der Waals surface area contributed by atoms with E-state index >= 15 is 0 Å². The molecule has 1 atom stereocenters. The molecule has 0 bridgehead atoms. The van der Waals surface area contributed by atoms with Crippen molar-refractivity contribution in [3.05, 3.63) is 35.1 Å². The third-order valence-corrected chi connectivity index (χ3v) is 4.41. The maximum absolute atomic E-state index is 13.3. The number of nitrogens with zero attached hydrogens (tertiary/aromatic N) is 1. The number of rotatable bonds is 2. The Bertz CT molecular complexity index is 496. The number of benzene rings is 1. The molecule has 0 aromatic heterocycles. The number of fused-ring (bicyclic) bond motifs is 1. The molecule has 1 amide bonds. The lowest BCUT2D eigenvalue weighted by Gasteiger charge is -2.30. The largest absolute Gasteiger partial charge is 0.335 e. The minimum Gasteiger partial charge on any atom is -0.335 e. The predicted octanol–water partition coefficient (Wildman–Crippen LogP) is 3.29. The van der Waals surface area contributed by atoms with Gasteiger partial charge in [0, 0.05) is 19.0 Å². The van der Waals surface area contributed by atoms with E-state index in [2.05, 4.69) is 0 Å². The van der Waals surface area contributed by atoms with Gasteiger partial charge in [-0.2, -0.15) is 0 Å². The second-order valence-electron chi connectivity index (χ2n) is 5.73. The third kappa shape index (κ3) is 2.51. The molecule has 1 aliphatic carbocycles. The summed E-state index contributed by atoms with van der Waals surface area (Å²) >= 11 is 0. The molecule has 0 unspecified atom stereocenters. The third-order valence-electron chi connectivity index (χ3n) is 4.41. The van der Waals surface area contributed by atoms with Gasteiger partial charge in [-0.3, -0.25) is 4.79 Å². The van der Waals surface area contributed by atoms with E-state index in [-0.39, 0.29) is 11.7 Å². The Morgan fingerprint density at radius 3 is 2.79 bits per heavy atom. The fourth-order valence-corrected chi connectivity index (χ4v) is 3.19. The second-order valence-corrected chi connectivity index (χ2v) is 5.73. The molecule has 3 rings (SSSR count). The molecule has 0 radical (unpaired) electrons. The normalized spacial score (nSPS) is 22.8. The Kier molecular flexibility index (Phi) is 3.29. The topological polar surface area (TPSA) is 20.3 Å². The standard InChI is InChI=1S/C16H20FNO/c1-2-16(19)18-10-13-5-7-14(17)9-12(13)6-8-15(18)11-3-4-11/h5,7,9,11,15H,2-4,6,8,10H2,1H3/t15-/m1/s1. The summed E-state index contributed by atoms with van der Waals surface area (Å²) in [6, 6.07) is 5.35. The van der Waals surface area contributed by atoms with E-state index in [1.54, 1.807) is 6.07 Å². The van der Waals surface area contributed by atoms with Crippen LogP contribution in [0.15, 0.2) is 18.2 Å². The first kappa shape index (κ1) is 12.6. The smallest absolute Gasteiger partial charge is 0.222 e. The van der Waals surface area contributed by atoms with Gasteiger partial charge in [0.05, 0.1) is 0 Å². The van der Waals surface area contributed by atoms with Crippen LogP contribution in [-0.2, 0) is 17.8 Å². The van der Waals surface area contributed by atoms with Crippen molar-refractivity contribution >= 4 is 5.91 Å². The van der Waals surface area contributed by atoms with E-state index in [0.29, 0.717) is 24.9 Å². The van der Waals surface area contributed by atoms with Gasteiger partial charge >= 0.3 is 0 Å². The number of amides is 1. The van der Waals surface area contributed by atoms with Crippen LogP contribution in [0.5, 0.6) is 0 Å². The lowest BCUT2D eigenvalue weighted by atomic mass is 10.0. The van der Waals surface area contributed by atoms with Crippen LogP contribution in [0.4, 0.5) is 4.39 Å². The summed E-state index contributed by atoms with van der Waals surface area (Å²) < 4.78 is 13.3. The Hall–Kier alpha value is -1.38. The van der Waals surface area contributed by atoms with Gasteiger partial charge in [-0.25, -0.2) is 4.39 Å². The number of hydrogen-bond acceptors (Lipinski definition) is 1. The lowest BCUT2D eigenvalue weighted by molar-refractivity contribution is -0.134. The van der Waals surface area contributed by atoms with E-state index in [0.717, 1.165) is 24.0 Å². The molecule has 0 saturated heterocycles. The highest BCUT2D eigenvalue weighted by Gasteiger charge is 2.38. The minimum absolute atomic E-state index is 0.169. The van der Waals surface area contributed by atoms with Crippen LogP contribution in [0.3, 0.4) is 0 Å². The zero-order valence-corrected chi connectivity index (χ0v) is 11.4. The number of hydrogen-bond donors (Lipinski definition) is 0. The van der Waals surface area contributed by atoms with E-state index in [4.69, 9.17) is 0 Å². The Labute approximate surface area is 113 Å². The molecule has 102 valence electrons. The quantitative estimate of drug-likeness (QED) is 0.800. The molecule has 0 N–H and O–H groups in total. The molecule has 19 heavy (non-hydrogen) atoms. The maximum atomic E-state index is 13.3. The van der Waals surface area contributed by atoms with Crippen LogP contribution in [0.1, 0.15) is 43.7 Å². The molecule has 1 aliphatic heterocycles. The van der Waals surface area contributed by atoms with Gasteiger partial charge in [0.2, 0.25) is 5.91 Å². The van der Waals surface area contributed by atoms with Crippen molar-refractivity contribution in [2.45, 2.75) is 51.6 Å². The summed E-state index contributed by atoms with van der Waals surface area (Å²) in [5.41, 5.74) is 2.20. The van der Waals surface area contributed by atoms with Crippen molar-refractivity contribution in [1.29, 1.82) is 0 Å². The van der Waals surface area contributed by atoms with Gasteiger partial charge in [-0.1, -0.05) is 13.0 Å². The monoisotopic (exact) mass is 261 g/mol. The van der Waals surface area contributed by atoms with E-state index in [1.807, 2.05) is 17.9 Å². The van der Waals surface area contributed by atoms with Crippen molar-refractivity contribution in [2.75, 3.05) is 0 Å². The molecule has 1 saturated carbocycles. The first-order chi connectivity index (χ1) is 9.19. The maximum Gasteiger partial charge on any atom is 0.222 e. The van der Waals surface area contributed by atoms with E-state index in [9.17, 15) is 9.18 Å². The zero-order valence-electron chi connectivity index (χ0n) is 11.4. The molecule has 1 fully saturated rings. The summed E-state index contributed by atoms with van der Waals surface area (Å²) in [5, 5.41) is 0. The van der Waals surface area contributed by atoms with E-state index in [1.165, 1.54) is 18.9 Å². The van der Waals surface area contributed by atoms with Gasteiger partial charge in [0.25, 0.3) is 0 Å². The molecular weight excluding hydrogens is 241 g/mol. The molecule has 1 aromatic rings. The molecule has 2 aliphatic rings. The number of carbonyl (C=O) groups excluding carboxylic acids is 1. The van der Waals surface area contributed by atoms with Gasteiger partial charge in [-0.15, -0.1) is 0 Å². The molecule has 1 aromatic carbocycles. The Morgan fingerprint density at radius 2 is 2.11 bits per heavy atom. The highest BCUT2D eigenvalue weighted by atomic mass is 19.1. The van der Waals surface area contributed by atoms with Crippen LogP contribution in [0, 0.1) is 11.7 Å². The Morgan fingerprint density at radius 1 is 1.32 bits per heavy atom. The van der Waals surface area contributed by atoms with Gasteiger partial charge in [0.1, 0.15) is 5.82 Å². The van der Waals surface area contributed by atoms with Crippen molar-refractivity contribution in [1.82, 2.24) is 4.90 Å². The van der Waals surface area contributed by atoms with Crippen molar-refractivity contribution in [3.8, 4) is 0 Å². The number of aryl methyl sites for hydroxylation is 1. The van der Waals surface area contributed by atoms with Crippen LogP contribution in [-0.4, -0.2) is 16.8 Å². The predicted molar refractivity (Wildman–Crippen MR) is 72.1 cm³/mol. The first-order valence-electron chi connectivity index (χ1n) is 7.26. The Balaban J connectivity index is 1.91. The fourth-order valence-electron chi connectivity index (χ4n) is 3.19. The summed E-state index contributed by atoms with van der Waals surface area (Å²) in [6.45, 7) is 2.58. The van der Waals surface area contributed by atoms with Crippen molar-refractivity contribution < 1.29 is 9.18 Å². The SMILES string of the molecule is CCC(=O)N1Cc2ccc(F)cc2CC[C@@H]1C1CC1. The zero-order chi connectivity index (χ0) is 13.4. The van der Waals surface area contributed by atoms with Crippen molar-refractivity contribution in [2.24, 2.45) is 5.92 Å². The summed E-state index contributed by atoms with van der Waals surface area (Å²) in [6.07, 6.45) is 4.90. The highest BCUT2D eigenvalue weighted by molar-refractivity contribution is 5.76. The van der Waals surface area contributed by atoms with Crippen LogP contribution >= 0.6 is 0 Å². The molecule has 3 heteroatoms. The van der Waals surface area contributed by atoms with Crippen molar-refractivity contribution in [3.63, 3.8) is 0 Å². The van der Waals surface area contributed by atoms with Crippen LogP contribution in [0.25, 0.3) is 0 Å². The molecule has 0 spiro atoms. The van der Waals surface area contributed by atoms with E-state index < -0.39 is 0 Å². The summed E-state index contributed by atoms with van der Waals surface area (Å²) in [5.74, 6) is 0.737.